The van der Waals surface area contributed by atoms with Gasteiger partial charge in [0.15, 0.2) is 0 Å². The summed E-state index contributed by atoms with van der Waals surface area (Å²) < 4.78 is 47.2. The molecule has 4 aromatic rings. The van der Waals surface area contributed by atoms with Crippen LogP contribution < -0.4 is 20.7 Å². The van der Waals surface area contributed by atoms with Crippen molar-refractivity contribution in [3.63, 3.8) is 0 Å². The summed E-state index contributed by atoms with van der Waals surface area (Å²) in [6.45, 7) is 13.5. The van der Waals surface area contributed by atoms with Gasteiger partial charge in [-0.2, -0.15) is 9.73 Å². The van der Waals surface area contributed by atoms with Crippen LogP contribution in [0.1, 0.15) is 97.5 Å². The summed E-state index contributed by atoms with van der Waals surface area (Å²) in [6.07, 6.45) is -0.650. The first-order chi connectivity index (χ1) is 28.7. The first-order valence-electron chi connectivity index (χ1n) is 21.4. The summed E-state index contributed by atoms with van der Waals surface area (Å²) in [5.41, 5.74) is -1.25. The van der Waals surface area contributed by atoms with Gasteiger partial charge >= 0.3 is 17.2 Å². The lowest BCUT2D eigenvalue weighted by Gasteiger charge is -2.53. The number of hydrogen-bond acceptors (Lipinski definition) is 11. The van der Waals surface area contributed by atoms with E-state index in [9.17, 15) is 29.7 Å². The Morgan fingerprint density at radius 1 is 0.724 bits per heavy atom. The standard InChI is InChI=1S/C24H28O6.C22H26O5.H3P/c1-13(2)16-10-17-22(26)21-19(30-24(17,4)20(11-16)28-14(3)25)12-18(29-23(21)27)15-8-6-5-7-9-15;1-12(2)14-9-15-20(24)19-17(27-22(15,3)18(23)10-14)11-16(26-21(19)25)13-7-5-4-6-8-13;/h5-9,12-13,16-17,20,22,26H,10-11H2,1-4H3;4-8,11-12,14-15,18,20,23-24H,9-10H2,1-3H3;1H3/t16-,17-,20-,22-,24-;14-,15-,18-,20+,22-;/m00./s1/i;;1T3. The Bertz CT molecular complexity index is 2270. The molecule has 11 nitrogen and oxygen atoms in total. The molecule has 10 atom stereocenters. The number of aliphatic hydroxyl groups excluding tert-OH is 3. The lowest BCUT2D eigenvalue weighted by Crippen LogP contribution is -2.61. The Morgan fingerprint density at radius 3 is 1.57 bits per heavy atom. The molecule has 0 amide bonds. The van der Waals surface area contributed by atoms with Crippen molar-refractivity contribution in [3.8, 4) is 34.1 Å². The molecule has 4 aliphatic rings. The number of hydrogen-bond donors (Lipinski definition) is 3. The van der Waals surface area contributed by atoms with Crippen LogP contribution in [0.2, 0.25) is 0 Å². The van der Waals surface area contributed by atoms with E-state index in [1.165, 1.54) is 6.92 Å². The zero-order valence-corrected chi connectivity index (χ0v) is 35.0. The van der Waals surface area contributed by atoms with Crippen molar-refractivity contribution < 1.29 is 43.2 Å². The van der Waals surface area contributed by atoms with Crippen LogP contribution in [0.3, 0.4) is 0 Å². The molecular formula is C46H57O11P. The molecular weight excluding hydrogens is 759 g/mol. The Labute approximate surface area is 346 Å². The van der Waals surface area contributed by atoms with Gasteiger partial charge in [-0.25, -0.2) is 9.59 Å². The quantitative estimate of drug-likeness (QED) is 0.133. The molecule has 2 aliphatic heterocycles. The van der Waals surface area contributed by atoms with Gasteiger partial charge in [0.1, 0.15) is 51.5 Å². The van der Waals surface area contributed by atoms with Gasteiger partial charge in [0, 0.05) is 42.0 Å². The predicted molar refractivity (Wildman–Crippen MR) is 224 cm³/mol. The molecule has 3 N–H and O–H groups in total. The normalized spacial score (nSPS) is 31.4. The van der Waals surface area contributed by atoms with E-state index in [0.29, 0.717) is 54.8 Å². The fourth-order valence-electron chi connectivity index (χ4n) is 9.48. The van der Waals surface area contributed by atoms with E-state index in [1.54, 1.807) is 12.1 Å². The number of aliphatic hydroxyl groups is 3. The Morgan fingerprint density at radius 2 is 1.14 bits per heavy atom. The summed E-state index contributed by atoms with van der Waals surface area (Å²) in [7, 11) is -1.87. The molecule has 0 radical (unpaired) electrons. The molecule has 0 bridgehead atoms. The highest BCUT2D eigenvalue weighted by Gasteiger charge is 2.58. The minimum Gasteiger partial charge on any atom is -0.484 e. The minimum absolute atomic E-state index is 0.142. The Kier molecular flexibility index (Phi) is 11.3. The van der Waals surface area contributed by atoms with Gasteiger partial charge in [-0.1, -0.05) is 88.4 Å². The van der Waals surface area contributed by atoms with E-state index in [2.05, 4.69) is 27.7 Å². The van der Waals surface area contributed by atoms with Crippen LogP contribution in [-0.2, 0) is 9.53 Å². The third-order valence-electron chi connectivity index (χ3n) is 13.2. The highest BCUT2D eigenvalue weighted by molar-refractivity contribution is 6.92. The number of benzene rings is 2. The minimum atomic E-state index is -1.87. The van der Waals surface area contributed by atoms with Crippen molar-refractivity contribution in [1.29, 1.82) is 3.84 Å². The van der Waals surface area contributed by atoms with E-state index in [1.807, 2.05) is 74.5 Å². The largest absolute Gasteiger partial charge is 0.484 e. The second-order valence-corrected chi connectivity index (χ2v) is 17.3. The average molecular weight is 823 g/mol. The maximum Gasteiger partial charge on any atom is 0.345 e. The molecule has 12 heteroatoms. The number of fused-ring (bicyclic) bond motifs is 4. The number of ether oxygens (including phenoxy) is 3. The summed E-state index contributed by atoms with van der Waals surface area (Å²) in [5.74, 6) is 1.46. The van der Waals surface area contributed by atoms with Crippen LogP contribution in [-0.4, -0.2) is 48.5 Å². The number of carbonyl (C=O) groups is 1. The van der Waals surface area contributed by atoms with Crippen molar-refractivity contribution in [3.05, 3.63) is 105 Å². The van der Waals surface area contributed by atoms with Crippen LogP contribution in [0.25, 0.3) is 22.6 Å². The van der Waals surface area contributed by atoms with Crippen LogP contribution in [0.15, 0.2) is 91.2 Å². The third kappa shape index (κ3) is 7.91. The van der Waals surface area contributed by atoms with E-state index in [-0.39, 0.29) is 46.5 Å². The molecule has 0 saturated heterocycles. The van der Waals surface area contributed by atoms with Gasteiger partial charge in [-0.3, -0.25) is 4.79 Å². The maximum absolute atomic E-state index is 12.8. The SMILES string of the molecule is CC(=O)O[C@H]1C[C@@H](C(C)C)C[C@H]2[C@H](O)c3c(cc(-c4ccccc4)oc3=O)O[C@]12C.CC(C)[C@@H]1C[C@H](O)[C@@]2(C)Oc3cc(-c4ccccc4)oc(=O)c3[C@H](O)[C@@H]2C1.[3H]P([3H])[3H]. The summed E-state index contributed by atoms with van der Waals surface area (Å²) in [4.78, 5) is 37.3. The van der Waals surface area contributed by atoms with Gasteiger partial charge < -0.3 is 38.4 Å². The summed E-state index contributed by atoms with van der Waals surface area (Å²) in [6, 6.07) is 21.9. The predicted octanol–water partition coefficient (Wildman–Crippen LogP) is 7.70. The van der Waals surface area contributed by atoms with Crippen molar-refractivity contribution in [2.24, 2.45) is 35.5 Å². The van der Waals surface area contributed by atoms with Crippen molar-refractivity contribution >= 4 is 15.7 Å². The number of rotatable bonds is 5. The number of carbonyl (C=O) groups excluding carboxylic acids is 1. The van der Waals surface area contributed by atoms with E-state index in [0.717, 1.165) is 11.1 Å². The zero-order valence-electron chi connectivity index (χ0n) is 37.1. The van der Waals surface area contributed by atoms with Gasteiger partial charge in [-0.05, 0) is 63.2 Å². The lowest BCUT2D eigenvalue weighted by atomic mass is 9.63. The average Bonchev–Trinajstić information content (AvgIpc) is 3.19. The monoisotopic (exact) mass is 822 g/mol. The number of esters is 1. The highest BCUT2D eigenvalue weighted by Crippen LogP contribution is 2.54. The highest BCUT2D eigenvalue weighted by atomic mass is 31.0. The molecule has 0 unspecified atom stereocenters. The Balaban J connectivity index is 0.000000189. The second-order valence-electron chi connectivity index (χ2n) is 17.3. The van der Waals surface area contributed by atoms with Crippen molar-refractivity contribution in [1.82, 2.24) is 0 Å². The van der Waals surface area contributed by atoms with Gasteiger partial charge in [-0.15, -0.1) is 0 Å². The molecule has 8 rings (SSSR count). The van der Waals surface area contributed by atoms with Crippen LogP contribution >= 0.6 is 9.73 Å². The smallest absolute Gasteiger partial charge is 0.345 e. The second kappa shape index (κ2) is 16.8. The van der Waals surface area contributed by atoms with Gasteiger partial charge in [0.2, 0.25) is 0 Å². The fourth-order valence-corrected chi connectivity index (χ4v) is 9.48. The summed E-state index contributed by atoms with van der Waals surface area (Å²) >= 11 is 0. The zero-order chi connectivity index (χ0) is 44.6. The van der Waals surface area contributed by atoms with E-state index >= 15 is 0 Å². The molecule has 0 spiro atoms. The molecule has 2 saturated carbocycles. The van der Waals surface area contributed by atoms with Crippen LogP contribution in [0, 0.1) is 35.5 Å². The van der Waals surface area contributed by atoms with Crippen molar-refractivity contribution in [2.75, 3.05) is 0 Å². The summed E-state index contributed by atoms with van der Waals surface area (Å²) in [5, 5.41) is 33.1. The maximum atomic E-state index is 12.8. The van der Waals surface area contributed by atoms with Gasteiger partial charge in [0.25, 0.3) is 0 Å². The topological polar surface area (TPSA) is 166 Å². The first-order valence-corrected chi connectivity index (χ1v) is 20.1. The van der Waals surface area contributed by atoms with Crippen LogP contribution in [0.4, 0.5) is 0 Å². The van der Waals surface area contributed by atoms with E-state index in [4.69, 9.17) is 26.9 Å². The molecule has 2 aromatic heterocycles. The first kappa shape index (κ1) is 39.2. The van der Waals surface area contributed by atoms with Crippen LogP contribution in [0.5, 0.6) is 11.5 Å². The lowest BCUT2D eigenvalue weighted by molar-refractivity contribution is -0.194. The molecule has 2 aliphatic carbocycles. The molecule has 312 valence electrons. The Hall–Kier alpha value is -4.28. The van der Waals surface area contributed by atoms with Crippen molar-refractivity contribution in [2.45, 2.75) is 110 Å². The molecule has 2 aromatic carbocycles. The fraction of sp³-hybridized carbons (Fsp3) is 0.500. The molecule has 58 heavy (non-hydrogen) atoms. The molecule has 2 fully saturated rings. The van der Waals surface area contributed by atoms with E-state index < -0.39 is 56.6 Å². The molecule has 4 heterocycles. The third-order valence-corrected chi connectivity index (χ3v) is 13.2. The van der Waals surface area contributed by atoms with Gasteiger partial charge in [0.05, 0.1) is 22.1 Å².